The minimum Gasteiger partial charge on any atom is -0.381 e. The zero-order chi connectivity index (χ0) is 9.15. The molecule has 2 aliphatic rings. The second-order valence-electron chi connectivity index (χ2n) is 4.15. The lowest BCUT2D eigenvalue weighted by Gasteiger charge is -2.55. The van der Waals surface area contributed by atoms with E-state index in [0.29, 0.717) is 5.54 Å². The van der Waals surface area contributed by atoms with Gasteiger partial charge in [-0.15, -0.1) is 6.58 Å². The van der Waals surface area contributed by atoms with Crippen LogP contribution in [0.5, 0.6) is 0 Å². The van der Waals surface area contributed by atoms with Crippen LogP contribution >= 0.6 is 0 Å². The zero-order valence-corrected chi connectivity index (χ0v) is 8.30. The van der Waals surface area contributed by atoms with Crippen LogP contribution in [0.25, 0.3) is 0 Å². The van der Waals surface area contributed by atoms with E-state index in [1.54, 1.807) is 0 Å². The Morgan fingerprint density at radius 3 is 2.62 bits per heavy atom. The SMILES string of the molecule is C=CCCN1CCC12CCOCC2. The van der Waals surface area contributed by atoms with Crippen molar-refractivity contribution in [2.75, 3.05) is 26.3 Å². The van der Waals surface area contributed by atoms with Crippen LogP contribution in [0.4, 0.5) is 0 Å². The fraction of sp³-hybridized carbons (Fsp3) is 0.818. The molecule has 0 N–H and O–H groups in total. The number of ether oxygens (including phenoxy) is 1. The molecule has 0 aromatic heterocycles. The topological polar surface area (TPSA) is 12.5 Å². The standard InChI is InChI=1S/C11H19NO/c1-2-3-7-12-8-4-11(12)5-9-13-10-6-11/h2H,1,3-10H2. The summed E-state index contributed by atoms with van der Waals surface area (Å²) in [6, 6.07) is 0. The van der Waals surface area contributed by atoms with Gasteiger partial charge in [0.1, 0.15) is 0 Å². The first-order valence-electron chi connectivity index (χ1n) is 5.31. The lowest BCUT2D eigenvalue weighted by atomic mass is 9.78. The highest BCUT2D eigenvalue weighted by Gasteiger charge is 2.44. The van der Waals surface area contributed by atoms with Gasteiger partial charge in [-0.1, -0.05) is 6.08 Å². The van der Waals surface area contributed by atoms with Crippen molar-refractivity contribution in [1.29, 1.82) is 0 Å². The first-order chi connectivity index (χ1) is 6.37. The van der Waals surface area contributed by atoms with Crippen molar-refractivity contribution in [1.82, 2.24) is 4.90 Å². The molecular weight excluding hydrogens is 162 g/mol. The summed E-state index contributed by atoms with van der Waals surface area (Å²) in [5.41, 5.74) is 0.529. The number of nitrogens with zero attached hydrogens (tertiary/aromatic N) is 1. The number of hydrogen-bond donors (Lipinski definition) is 0. The molecule has 0 aromatic rings. The molecule has 2 saturated heterocycles. The Morgan fingerprint density at radius 1 is 1.31 bits per heavy atom. The summed E-state index contributed by atoms with van der Waals surface area (Å²) in [7, 11) is 0. The van der Waals surface area contributed by atoms with Crippen molar-refractivity contribution in [2.45, 2.75) is 31.2 Å². The molecule has 0 bridgehead atoms. The van der Waals surface area contributed by atoms with Gasteiger partial charge in [0.25, 0.3) is 0 Å². The monoisotopic (exact) mass is 181 g/mol. The van der Waals surface area contributed by atoms with Crippen LogP contribution in [0.15, 0.2) is 12.7 Å². The normalized spacial score (nSPS) is 27.1. The molecule has 2 heterocycles. The van der Waals surface area contributed by atoms with Crippen LogP contribution in [0.1, 0.15) is 25.7 Å². The molecule has 2 nitrogen and oxygen atoms in total. The van der Waals surface area contributed by atoms with E-state index >= 15 is 0 Å². The molecule has 0 unspecified atom stereocenters. The average Bonchev–Trinajstić information content (AvgIpc) is 2.18. The van der Waals surface area contributed by atoms with Crippen LogP contribution < -0.4 is 0 Å². The Hall–Kier alpha value is -0.340. The van der Waals surface area contributed by atoms with Gasteiger partial charge in [-0.3, -0.25) is 4.90 Å². The minimum absolute atomic E-state index is 0.529. The van der Waals surface area contributed by atoms with E-state index in [1.807, 2.05) is 6.08 Å². The summed E-state index contributed by atoms with van der Waals surface area (Å²) in [6.07, 6.45) is 7.01. The molecular formula is C11H19NO. The van der Waals surface area contributed by atoms with Crippen LogP contribution in [0, 0.1) is 0 Å². The molecule has 0 amide bonds. The molecule has 2 fully saturated rings. The van der Waals surface area contributed by atoms with E-state index in [4.69, 9.17) is 4.74 Å². The van der Waals surface area contributed by atoms with Gasteiger partial charge in [0.05, 0.1) is 0 Å². The van der Waals surface area contributed by atoms with Gasteiger partial charge < -0.3 is 4.74 Å². The summed E-state index contributed by atoms with van der Waals surface area (Å²) >= 11 is 0. The van der Waals surface area contributed by atoms with E-state index < -0.39 is 0 Å². The summed E-state index contributed by atoms with van der Waals surface area (Å²) in [6.45, 7) is 8.18. The average molecular weight is 181 g/mol. The number of rotatable bonds is 3. The van der Waals surface area contributed by atoms with Crippen molar-refractivity contribution >= 4 is 0 Å². The summed E-state index contributed by atoms with van der Waals surface area (Å²) < 4.78 is 5.41. The third kappa shape index (κ3) is 1.65. The van der Waals surface area contributed by atoms with Gasteiger partial charge in [-0.2, -0.15) is 0 Å². The van der Waals surface area contributed by atoms with Crippen molar-refractivity contribution < 1.29 is 4.74 Å². The fourth-order valence-corrected chi connectivity index (χ4v) is 2.50. The third-order valence-corrected chi connectivity index (χ3v) is 3.54. The fourth-order valence-electron chi connectivity index (χ4n) is 2.50. The van der Waals surface area contributed by atoms with E-state index in [1.165, 1.54) is 32.4 Å². The lowest BCUT2D eigenvalue weighted by molar-refractivity contribution is -0.0884. The molecule has 2 heteroatoms. The molecule has 74 valence electrons. The van der Waals surface area contributed by atoms with Gasteiger partial charge in [0.15, 0.2) is 0 Å². The molecule has 0 aliphatic carbocycles. The Morgan fingerprint density at radius 2 is 2.08 bits per heavy atom. The van der Waals surface area contributed by atoms with Crippen LogP contribution in [-0.2, 0) is 4.74 Å². The van der Waals surface area contributed by atoms with Crippen molar-refractivity contribution in [3.63, 3.8) is 0 Å². The van der Waals surface area contributed by atoms with E-state index in [9.17, 15) is 0 Å². The van der Waals surface area contributed by atoms with Gasteiger partial charge in [0, 0.05) is 31.8 Å². The minimum atomic E-state index is 0.529. The number of hydrogen-bond acceptors (Lipinski definition) is 2. The summed E-state index contributed by atoms with van der Waals surface area (Å²) in [5.74, 6) is 0. The molecule has 13 heavy (non-hydrogen) atoms. The first kappa shape index (κ1) is 9.22. The molecule has 2 rings (SSSR count). The van der Waals surface area contributed by atoms with Crippen molar-refractivity contribution in [3.8, 4) is 0 Å². The Balaban J connectivity index is 1.87. The van der Waals surface area contributed by atoms with E-state index in [-0.39, 0.29) is 0 Å². The molecule has 0 atom stereocenters. The highest BCUT2D eigenvalue weighted by molar-refractivity contribution is 5.01. The second kappa shape index (κ2) is 3.81. The van der Waals surface area contributed by atoms with E-state index in [2.05, 4.69) is 11.5 Å². The third-order valence-electron chi connectivity index (χ3n) is 3.54. The smallest absolute Gasteiger partial charge is 0.0483 e. The molecule has 2 aliphatic heterocycles. The second-order valence-corrected chi connectivity index (χ2v) is 4.15. The van der Waals surface area contributed by atoms with Gasteiger partial charge >= 0.3 is 0 Å². The number of likely N-dealkylation sites (tertiary alicyclic amines) is 1. The lowest BCUT2D eigenvalue weighted by Crippen LogP contribution is -2.62. The maximum atomic E-state index is 5.41. The summed E-state index contributed by atoms with van der Waals surface area (Å²) in [5, 5.41) is 0. The molecule has 0 radical (unpaired) electrons. The van der Waals surface area contributed by atoms with Crippen LogP contribution in [-0.4, -0.2) is 36.7 Å². The van der Waals surface area contributed by atoms with E-state index in [0.717, 1.165) is 19.6 Å². The van der Waals surface area contributed by atoms with Gasteiger partial charge in [-0.05, 0) is 25.7 Å². The van der Waals surface area contributed by atoms with Gasteiger partial charge in [-0.25, -0.2) is 0 Å². The Bertz CT molecular complexity index is 185. The first-order valence-corrected chi connectivity index (χ1v) is 5.31. The van der Waals surface area contributed by atoms with Gasteiger partial charge in [0.2, 0.25) is 0 Å². The maximum absolute atomic E-state index is 5.41. The largest absolute Gasteiger partial charge is 0.381 e. The van der Waals surface area contributed by atoms with Crippen LogP contribution in [0.2, 0.25) is 0 Å². The summed E-state index contributed by atoms with van der Waals surface area (Å²) in [4.78, 5) is 2.62. The quantitative estimate of drug-likeness (QED) is 0.616. The molecule has 1 spiro atoms. The van der Waals surface area contributed by atoms with Crippen molar-refractivity contribution in [2.24, 2.45) is 0 Å². The Labute approximate surface area is 80.6 Å². The maximum Gasteiger partial charge on any atom is 0.0483 e. The highest BCUT2D eigenvalue weighted by Crippen LogP contribution is 2.39. The zero-order valence-electron chi connectivity index (χ0n) is 8.30. The van der Waals surface area contributed by atoms with Crippen molar-refractivity contribution in [3.05, 3.63) is 12.7 Å². The van der Waals surface area contributed by atoms with Crippen LogP contribution in [0.3, 0.4) is 0 Å². The Kier molecular flexibility index (Phi) is 2.70. The molecule has 0 saturated carbocycles. The highest BCUT2D eigenvalue weighted by atomic mass is 16.5. The predicted molar refractivity (Wildman–Crippen MR) is 53.8 cm³/mol. The molecule has 0 aromatic carbocycles. The predicted octanol–water partition coefficient (Wildman–Crippen LogP) is 1.82.